The molecule has 0 radical (unpaired) electrons. The highest BCUT2D eigenvalue weighted by Crippen LogP contribution is 2.31. The summed E-state index contributed by atoms with van der Waals surface area (Å²) in [6.07, 6.45) is -0.873. The summed E-state index contributed by atoms with van der Waals surface area (Å²) < 4.78 is 46.1. The second kappa shape index (κ2) is 9.94. The van der Waals surface area contributed by atoms with Gasteiger partial charge in [0.25, 0.3) is 0 Å². The van der Waals surface area contributed by atoms with Gasteiger partial charge in [0.05, 0.1) is 23.6 Å². The molecule has 0 spiro atoms. The topological polar surface area (TPSA) is 63.8 Å². The molecule has 2 aromatic heterocycles. The lowest BCUT2D eigenvalue weighted by molar-refractivity contribution is -0.138. The number of hydrogen-bond donors (Lipinski definition) is 1. The highest BCUT2D eigenvalue weighted by molar-refractivity contribution is 5.69. The second-order valence-corrected chi connectivity index (χ2v) is 7.90. The van der Waals surface area contributed by atoms with Gasteiger partial charge in [0, 0.05) is 18.0 Å². The standard InChI is InChI=1S/C27H21F3N2O3/c1-2-3-21(15-26(33)34)19-6-10-23(11-7-19)35-17-18-12-13-32-16-24(31-25(32)14-18)20-4-8-22(9-5-20)27(28,29)30/h4-14,16,21H,15,17H2,1H3,(H,33,34). The van der Waals surface area contributed by atoms with Gasteiger partial charge in [-0.05, 0) is 54.4 Å². The number of carbonyl (C=O) groups is 1. The van der Waals surface area contributed by atoms with E-state index in [-0.39, 0.29) is 18.9 Å². The van der Waals surface area contributed by atoms with Crippen LogP contribution in [0.1, 0.15) is 36.0 Å². The zero-order valence-electron chi connectivity index (χ0n) is 18.7. The van der Waals surface area contributed by atoms with E-state index in [9.17, 15) is 18.0 Å². The number of fused-ring (bicyclic) bond motifs is 1. The molecular weight excluding hydrogens is 457 g/mol. The average molecular weight is 478 g/mol. The number of carboxylic acid groups (broad SMARTS) is 1. The van der Waals surface area contributed by atoms with Crippen LogP contribution in [0, 0.1) is 11.8 Å². The van der Waals surface area contributed by atoms with E-state index in [0.29, 0.717) is 22.7 Å². The molecule has 4 rings (SSSR count). The monoisotopic (exact) mass is 478 g/mol. The van der Waals surface area contributed by atoms with Gasteiger partial charge in [-0.3, -0.25) is 4.79 Å². The van der Waals surface area contributed by atoms with Crippen molar-refractivity contribution in [3.05, 3.63) is 89.7 Å². The van der Waals surface area contributed by atoms with Crippen molar-refractivity contribution in [1.82, 2.24) is 9.38 Å². The fourth-order valence-electron chi connectivity index (χ4n) is 3.65. The molecule has 2 aromatic carbocycles. The van der Waals surface area contributed by atoms with Crippen molar-refractivity contribution in [2.75, 3.05) is 0 Å². The van der Waals surface area contributed by atoms with Crippen LogP contribution in [-0.2, 0) is 17.6 Å². The molecule has 1 atom stereocenters. The maximum atomic E-state index is 12.8. The Morgan fingerprint density at radius 1 is 1.11 bits per heavy atom. The van der Waals surface area contributed by atoms with Crippen molar-refractivity contribution >= 4 is 11.6 Å². The molecule has 0 saturated carbocycles. The van der Waals surface area contributed by atoms with Gasteiger partial charge < -0.3 is 14.2 Å². The van der Waals surface area contributed by atoms with E-state index in [2.05, 4.69) is 16.8 Å². The number of aliphatic carboxylic acids is 1. The molecule has 1 N–H and O–H groups in total. The Hall–Kier alpha value is -4.25. The van der Waals surface area contributed by atoms with Crippen molar-refractivity contribution < 1.29 is 27.8 Å². The molecule has 178 valence electrons. The van der Waals surface area contributed by atoms with Crippen molar-refractivity contribution in [2.24, 2.45) is 0 Å². The molecule has 0 saturated heterocycles. The van der Waals surface area contributed by atoms with Crippen LogP contribution >= 0.6 is 0 Å². The maximum Gasteiger partial charge on any atom is 0.416 e. The molecule has 0 aliphatic rings. The van der Waals surface area contributed by atoms with Crippen LogP contribution in [0.3, 0.4) is 0 Å². The number of ether oxygens (including phenoxy) is 1. The Morgan fingerprint density at radius 3 is 2.46 bits per heavy atom. The molecule has 0 aliphatic carbocycles. The highest BCUT2D eigenvalue weighted by Gasteiger charge is 2.30. The third kappa shape index (κ3) is 5.82. The molecule has 0 bridgehead atoms. The van der Waals surface area contributed by atoms with Crippen molar-refractivity contribution in [3.8, 4) is 28.8 Å². The Balaban J connectivity index is 1.45. The Labute approximate surface area is 199 Å². The van der Waals surface area contributed by atoms with E-state index in [1.807, 2.05) is 18.3 Å². The van der Waals surface area contributed by atoms with Gasteiger partial charge >= 0.3 is 12.1 Å². The summed E-state index contributed by atoms with van der Waals surface area (Å²) in [5.41, 5.74) is 2.78. The van der Waals surface area contributed by atoms with Crippen molar-refractivity contribution in [1.29, 1.82) is 0 Å². The first-order valence-corrected chi connectivity index (χ1v) is 10.7. The molecule has 8 heteroatoms. The summed E-state index contributed by atoms with van der Waals surface area (Å²) in [6.45, 7) is 1.96. The molecule has 0 aliphatic heterocycles. The molecule has 1 unspecified atom stereocenters. The third-order valence-electron chi connectivity index (χ3n) is 5.42. The molecule has 2 heterocycles. The van der Waals surface area contributed by atoms with Crippen LogP contribution in [0.5, 0.6) is 5.75 Å². The summed E-state index contributed by atoms with van der Waals surface area (Å²) >= 11 is 0. The first kappa shape index (κ1) is 23.9. The zero-order chi connectivity index (χ0) is 25.0. The number of nitrogens with zero attached hydrogens (tertiary/aromatic N) is 2. The van der Waals surface area contributed by atoms with Crippen LogP contribution < -0.4 is 4.74 Å². The highest BCUT2D eigenvalue weighted by atomic mass is 19.4. The number of aromatic nitrogens is 2. The van der Waals surface area contributed by atoms with E-state index in [0.717, 1.165) is 23.3 Å². The Morgan fingerprint density at radius 2 is 1.83 bits per heavy atom. The number of hydrogen-bond acceptors (Lipinski definition) is 3. The molecule has 5 nitrogen and oxygen atoms in total. The van der Waals surface area contributed by atoms with E-state index in [1.165, 1.54) is 12.1 Å². The predicted molar refractivity (Wildman–Crippen MR) is 125 cm³/mol. The van der Waals surface area contributed by atoms with E-state index >= 15 is 0 Å². The van der Waals surface area contributed by atoms with Gasteiger partial charge in [0.2, 0.25) is 0 Å². The summed E-state index contributed by atoms with van der Waals surface area (Å²) in [7, 11) is 0. The number of halogens is 3. The van der Waals surface area contributed by atoms with Crippen molar-refractivity contribution in [3.63, 3.8) is 0 Å². The zero-order valence-corrected chi connectivity index (χ0v) is 18.7. The summed E-state index contributed by atoms with van der Waals surface area (Å²) in [5, 5.41) is 9.08. The fraction of sp³-hybridized carbons (Fsp3) is 0.185. The fourth-order valence-corrected chi connectivity index (χ4v) is 3.65. The Kier molecular flexibility index (Phi) is 6.78. The number of imidazole rings is 1. The van der Waals surface area contributed by atoms with Gasteiger partial charge in [-0.15, -0.1) is 5.92 Å². The minimum Gasteiger partial charge on any atom is -0.489 e. The molecule has 35 heavy (non-hydrogen) atoms. The molecule has 0 amide bonds. The lowest BCUT2D eigenvalue weighted by Gasteiger charge is -2.11. The van der Waals surface area contributed by atoms with Crippen LogP contribution in [0.25, 0.3) is 16.9 Å². The summed E-state index contributed by atoms with van der Waals surface area (Å²) in [6, 6.07) is 15.8. The SMILES string of the molecule is CC#CC(CC(=O)O)c1ccc(OCc2ccn3cc(-c4ccc(C(F)(F)F)cc4)nc3c2)cc1. The summed E-state index contributed by atoms with van der Waals surface area (Å²) in [5.74, 6) is 5.02. The molecule has 4 aromatic rings. The van der Waals surface area contributed by atoms with Crippen LogP contribution in [0.15, 0.2) is 73.1 Å². The largest absolute Gasteiger partial charge is 0.489 e. The molecular formula is C27H21F3N2O3. The van der Waals surface area contributed by atoms with E-state index in [4.69, 9.17) is 9.84 Å². The van der Waals surface area contributed by atoms with Gasteiger partial charge in [-0.2, -0.15) is 13.2 Å². The number of benzene rings is 2. The first-order chi connectivity index (χ1) is 16.7. The number of carboxylic acids is 1. The minimum absolute atomic E-state index is 0.0696. The third-order valence-corrected chi connectivity index (χ3v) is 5.42. The predicted octanol–water partition coefficient (Wildman–Crippen LogP) is 6.18. The van der Waals surface area contributed by atoms with Gasteiger partial charge in [-0.1, -0.05) is 30.2 Å². The van der Waals surface area contributed by atoms with Crippen LogP contribution in [0.2, 0.25) is 0 Å². The first-order valence-electron chi connectivity index (χ1n) is 10.7. The lowest BCUT2D eigenvalue weighted by atomic mass is 9.96. The van der Waals surface area contributed by atoms with E-state index in [1.54, 1.807) is 41.8 Å². The van der Waals surface area contributed by atoms with Crippen LogP contribution in [-0.4, -0.2) is 20.5 Å². The Bertz CT molecular complexity index is 1400. The lowest BCUT2D eigenvalue weighted by Crippen LogP contribution is -2.04. The van der Waals surface area contributed by atoms with Gasteiger partial charge in [0.1, 0.15) is 18.0 Å². The second-order valence-electron chi connectivity index (χ2n) is 7.90. The number of rotatable bonds is 7. The van der Waals surface area contributed by atoms with Crippen molar-refractivity contribution in [2.45, 2.75) is 32.0 Å². The van der Waals surface area contributed by atoms with Gasteiger partial charge in [-0.25, -0.2) is 4.98 Å². The minimum atomic E-state index is -4.38. The molecule has 0 fully saturated rings. The van der Waals surface area contributed by atoms with Gasteiger partial charge in [0.15, 0.2) is 0 Å². The number of alkyl halides is 3. The average Bonchev–Trinajstić information content (AvgIpc) is 3.26. The smallest absolute Gasteiger partial charge is 0.416 e. The van der Waals surface area contributed by atoms with Crippen LogP contribution in [0.4, 0.5) is 13.2 Å². The number of pyridine rings is 1. The quantitative estimate of drug-likeness (QED) is 0.322. The maximum absolute atomic E-state index is 12.8. The van der Waals surface area contributed by atoms with E-state index < -0.39 is 17.7 Å². The normalized spacial score (nSPS) is 12.1. The summed E-state index contributed by atoms with van der Waals surface area (Å²) in [4.78, 5) is 15.6.